The summed E-state index contributed by atoms with van der Waals surface area (Å²) in [6.45, 7) is 3.46. The molecule has 7 heteroatoms. The Morgan fingerprint density at radius 1 is 1.40 bits per heavy atom. The van der Waals surface area contributed by atoms with Crippen molar-refractivity contribution in [2.75, 3.05) is 6.61 Å². The number of benzene rings is 1. The lowest BCUT2D eigenvalue weighted by atomic mass is 10.2. The number of hydrogen-bond acceptors (Lipinski definition) is 4. The summed E-state index contributed by atoms with van der Waals surface area (Å²) in [4.78, 5) is 11.6. The molecule has 1 unspecified atom stereocenters. The van der Waals surface area contributed by atoms with E-state index >= 15 is 0 Å². The zero-order valence-electron chi connectivity index (χ0n) is 11.2. The maximum atomic E-state index is 13.1. The molecule has 0 saturated heterocycles. The van der Waals surface area contributed by atoms with Crippen molar-refractivity contribution in [3.8, 4) is 0 Å². The van der Waals surface area contributed by atoms with E-state index in [-0.39, 0.29) is 22.9 Å². The normalized spacial score (nSPS) is 13.0. The Bertz CT molecular complexity index is 586. The first-order valence-corrected chi connectivity index (χ1v) is 8.12. The summed E-state index contributed by atoms with van der Waals surface area (Å²) >= 11 is 5.59. The van der Waals surface area contributed by atoms with Crippen LogP contribution < -0.4 is 0 Å². The summed E-state index contributed by atoms with van der Waals surface area (Å²) in [7, 11) is -3.95. The van der Waals surface area contributed by atoms with Crippen molar-refractivity contribution in [1.82, 2.24) is 0 Å². The highest BCUT2D eigenvalue weighted by molar-refractivity contribution is 7.92. The Hall–Kier alpha value is -1.14. The summed E-state index contributed by atoms with van der Waals surface area (Å²) < 4.78 is 42.7. The Labute approximate surface area is 122 Å². The predicted octanol–water partition coefficient (Wildman–Crippen LogP) is 2.98. The molecule has 1 aromatic carbocycles. The van der Waals surface area contributed by atoms with Crippen LogP contribution in [0.2, 0.25) is 5.02 Å². The van der Waals surface area contributed by atoms with Gasteiger partial charge in [0.05, 0.1) is 16.5 Å². The van der Waals surface area contributed by atoms with Crippen LogP contribution in [0.4, 0.5) is 4.39 Å². The number of ether oxygens (including phenoxy) is 1. The summed E-state index contributed by atoms with van der Waals surface area (Å²) in [5.74, 6) is -1.51. The minimum Gasteiger partial charge on any atom is -0.465 e. The molecule has 0 spiro atoms. The van der Waals surface area contributed by atoms with E-state index in [1.807, 2.05) is 0 Å². The Balaban J connectivity index is 3.21. The number of esters is 1. The monoisotopic (exact) mass is 322 g/mol. The van der Waals surface area contributed by atoms with Crippen LogP contribution in [0.1, 0.15) is 26.7 Å². The molecule has 0 bridgehead atoms. The summed E-state index contributed by atoms with van der Waals surface area (Å²) in [6.07, 6.45) is 0.633. The van der Waals surface area contributed by atoms with Crippen LogP contribution in [-0.2, 0) is 19.4 Å². The van der Waals surface area contributed by atoms with Gasteiger partial charge in [0.1, 0.15) is 5.82 Å². The average molecular weight is 323 g/mol. The highest BCUT2D eigenvalue weighted by atomic mass is 35.5. The third kappa shape index (κ3) is 3.70. The van der Waals surface area contributed by atoms with Crippen LogP contribution in [0.25, 0.3) is 0 Å². The third-order valence-electron chi connectivity index (χ3n) is 2.69. The zero-order valence-corrected chi connectivity index (χ0v) is 12.8. The van der Waals surface area contributed by atoms with E-state index in [0.29, 0.717) is 6.42 Å². The Morgan fingerprint density at radius 3 is 2.55 bits per heavy atom. The van der Waals surface area contributed by atoms with E-state index in [0.717, 1.165) is 18.2 Å². The van der Waals surface area contributed by atoms with Gasteiger partial charge in [0.15, 0.2) is 15.1 Å². The molecule has 0 aromatic heterocycles. The quantitative estimate of drug-likeness (QED) is 0.596. The second kappa shape index (κ2) is 7.04. The minimum atomic E-state index is -3.95. The standard InChI is InChI=1S/C13H16ClFO4S/c1-3-5-12(13(16)19-4-2)20(17,18)9-6-7-11(15)10(14)8-9/h6-8,12H,3-5H2,1-2H3. The second-order valence-corrected chi connectivity index (χ2v) is 6.69. The molecule has 0 aliphatic rings. The van der Waals surface area contributed by atoms with Gasteiger partial charge in [-0.2, -0.15) is 0 Å². The third-order valence-corrected chi connectivity index (χ3v) is 5.07. The number of halogens is 2. The SMILES string of the molecule is CCCC(C(=O)OCC)S(=O)(=O)c1ccc(F)c(Cl)c1. The summed E-state index contributed by atoms with van der Waals surface area (Å²) in [5.41, 5.74) is 0. The molecule has 0 heterocycles. The highest BCUT2D eigenvalue weighted by Crippen LogP contribution is 2.25. The molecule has 1 rings (SSSR count). The van der Waals surface area contributed by atoms with Crippen LogP contribution in [0.15, 0.2) is 23.1 Å². The first-order chi connectivity index (χ1) is 9.34. The second-order valence-electron chi connectivity index (χ2n) is 4.15. The molecule has 0 aliphatic carbocycles. The topological polar surface area (TPSA) is 60.4 Å². The van der Waals surface area contributed by atoms with Gasteiger partial charge in [-0.15, -0.1) is 0 Å². The lowest BCUT2D eigenvalue weighted by Crippen LogP contribution is -2.32. The predicted molar refractivity (Wildman–Crippen MR) is 73.9 cm³/mol. The van der Waals surface area contributed by atoms with Gasteiger partial charge in [-0.1, -0.05) is 24.9 Å². The van der Waals surface area contributed by atoms with Crippen molar-refractivity contribution in [2.45, 2.75) is 36.8 Å². The number of hydrogen-bond donors (Lipinski definition) is 0. The van der Waals surface area contributed by atoms with Gasteiger partial charge in [0.25, 0.3) is 0 Å². The van der Waals surface area contributed by atoms with Crippen LogP contribution in [0, 0.1) is 5.82 Å². The maximum Gasteiger partial charge on any atom is 0.324 e. The van der Waals surface area contributed by atoms with Crippen molar-refractivity contribution in [3.05, 3.63) is 29.0 Å². The van der Waals surface area contributed by atoms with E-state index in [1.54, 1.807) is 13.8 Å². The van der Waals surface area contributed by atoms with E-state index in [9.17, 15) is 17.6 Å². The van der Waals surface area contributed by atoms with Gasteiger partial charge in [0.2, 0.25) is 0 Å². The van der Waals surface area contributed by atoms with Gasteiger partial charge < -0.3 is 4.74 Å². The fourth-order valence-electron chi connectivity index (χ4n) is 1.72. The average Bonchev–Trinajstić information content (AvgIpc) is 2.39. The number of sulfone groups is 1. The molecule has 20 heavy (non-hydrogen) atoms. The maximum absolute atomic E-state index is 13.1. The number of carbonyl (C=O) groups is 1. The zero-order chi connectivity index (χ0) is 15.3. The van der Waals surface area contributed by atoms with Crippen molar-refractivity contribution < 1.29 is 22.3 Å². The lowest BCUT2D eigenvalue weighted by molar-refractivity contribution is -0.142. The first kappa shape index (κ1) is 16.9. The minimum absolute atomic E-state index is 0.0960. The molecular formula is C13H16ClFO4S. The van der Waals surface area contributed by atoms with E-state index in [4.69, 9.17) is 16.3 Å². The largest absolute Gasteiger partial charge is 0.465 e. The molecule has 4 nitrogen and oxygen atoms in total. The lowest BCUT2D eigenvalue weighted by Gasteiger charge is -2.16. The van der Waals surface area contributed by atoms with Crippen LogP contribution in [-0.4, -0.2) is 26.2 Å². The number of rotatable bonds is 6. The Kier molecular flexibility index (Phi) is 5.95. The van der Waals surface area contributed by atoms with Crippen molar-refractivity contribution in [3.63, 3.8) is 0 Å². The summed E-state index contributed by atoms with van der Waals surface area (Å²) in [5, 5.41) is -1.60. The first-order valence-electron chi connectivity index (χ1n) is 6.20. The van der Waals surface area contributed by atoms with Gasteiger partial charge >= 0.3 is 5.97 Å². The molecule has 0 amide bonds. The van der Waals surface area contributed by atoms with E-state index in [2.05, 4.69) is 0 Å². The van der Waals surface area contributed by atoms with Gasteiger partial charge in [-0.05, 0) is 31.5 Å². The van der Waals surface area contributed by atoms with Gasteiger partial charge in [-0.3, -0.25) is 4.79 Å². The molecule has 1 aromatic rings. The highest BCUT2D eigenvalue weighted by Gasteiger charge is 2.34. The van der Waals surface area contributed by atoms with Gasteiger partial charge in [0, 0.05) is 0 Å². The van der Waals surface area contributed by atoms with Crippen LogP contribution in [0.3, 0.4) is 0 Å². The molecule has 0 radical (unpaired) electrons. The molecular weight excluding hydrogens is 307 g/mol. The summed E-state index contributed by atoms with van der Waals surface area (Å²) in [6, 6.07) is 3.07. The smallest absolute Gasteiger partial charge is 0.324 e. The molecule has 112 valence electrons. The molecule has 0 N–H and O–H groups in total. The van der Waals surface area contributed by atoms with Crippen molar-refractivity contribution in [1.29, 1.82) is 0 Å². The van der Waals surface area contributed by atoms with E-state index in [1.165, 1.54) is 0 Å². The molecule has 0 saturated carbocycles. The fraction of sp³-hybridized carbons (Fsp3) is 0.462. The van der Waals surface area contributed by atoms with Gasteiger partial charge in [-0.25, -0.2) is 12.8 Å². The van der Waals surface area contributed by atoms with Crippen LogP contribution >= 0.6 is 11.6 Å². The molecule has 0 fully saturated rings. The number of carbonyl (C=O) groups excluding carboxylic acids is 1. The fourth-order valence-corrected chi connectivity index (χ4v) is 3.70. The molecule has 0 aliphatic heterocycles. The van der Waals surface area contributed by atoms with Crippen molar-refractivity contribution >= 4 is 27.4 Å². The van der Waals surface area contributed by atoms with Crippen LogP contribution in [0.5, 0.6) is 0 Å². The van der Waals surface area contributed by atoms with Crippen molar-refractivity contribution in [2.24, 2.45) is 0 Å². The van der Waals surface area contributed by atoms with E-state index < -0.39 is 26.9 Å². The Morgan fingerprint density at radius 2 is 2.05 bits per heavy atom. The molecule has 1 atom stereocenters.